The highest BCUT2D eigenvalue weighted by Gasteiger charge is 2.40. The van der Waals surface area contributed by atoms with Gasteiger partial charge >= 0.3 is 12.3 Å². The number of halogens is 3. The second-order valence-electron chi connectivity index (χ2n) is 11.2. The lowest BCUT2D eigenvalue weighted by Gasteiger charge is -2.31. The summed E-state index contributed by atoms with van der Waals surface area (Å²) < 4.78 is 72.6. The van der Waals surface area contributed by atoms with E-state index in [1.54, 1.807) is 30.3 Å². The van der Waals surface area contributed by atoms with E-state index in [1.165, 1.54) is 28.6 Å². The smallest absolute Gasteiger partial charge is 0.417 e. The minimum atomic E-state index is -4.62. The number of hydrogen-bond donors (Lipinski definition) is 3. The number of aliphatic hydroxyl groups excluding tert-OH is 1. The average molecular weight is 664 g/mol. The molecule has 0 spiro atoms. The maximum Gasteiger partial charge on any atom is 0.417 e. The molecule has 0 bridgehead atoms. The Morgan fingerprint density at radius 3 is 2.39 bits per heavy atom. The van der Waals surface area contributed by atoms with E-state index in [0.717, 1.165) is 22.6 Å². The molecule has 11 nitrogen and oxygen atoms in total. The maximum atomic E-state index is 13.7. The molecule has 2 heterocycles. The number of cyclic esters (lactones) is 1. The van der Waals surface area contributed by atoms with Crippen LogP contribution in [0.4, 0.5) is 29.5 Å². The summed E-state index contributed by atoms with van der Waals surface area (Å²) >= 11 is 0. The van der Waals surface area contributed by atoms with Crippen molar-refractivity contribution in [2.24, 2.45) is 5.92 Å². The second-order valence-corrected chi connectivity index (χ2v) is 13.1. The number of carbonyl (C=O) groups excluding carboxylic acids is 2. The topological polar surface area (TPSA) is 155 Å². The van der Waals surface area contributed by atoms with Crippen LogP contribution in [0.5, 0.6) is 0 Å². The number of pyridine rings is 1. The molecule has 0 aliphatic carbocycles. The molecule has 4 rings (SSSR count). The van der Waals surface area contributed by atoms with Gasteiger partial charge in [0.1, 0.15) is 5.82 Å². The van der Waals surface area contributed by atoms with Gasteiger partial charge in [0, 0.05) is 25.0 Å². The summed E-state index contributed by atoms with van der Waals surface area (Å²) in [5, 5.41) is 14.2. The molecule has 0 radical (unpaired) electrons. The van der Waals surface area contributed by atoms with E-state index in [-0.39, 0.29) is 42.7 Å². The normalized spacial score (nSPS) is 17.4. The van der Waals surface area contributed by atoms with E-state index in [0.29, 0.717) is 18.3 Å². The molecule has 1 aliphatic heterocycles. The molecule has 0 saturated carbocycles. The van der Waals surface area contributed by atoms with Crippen LogP contribution in [-0.2, 0) is 32.2 Å². The molecule has 1 aromatic heterocycles. The van der Waals surface area contributed by atoms with Gasteiger partial charge in [0.05, 0.1) is 29.1 Å². The Labute approximate surface area is 265 Å². The Balaban J connectivity index is 1.54. The van der Waals surface area contributed by atoms with Gasteiger partial charge in [0.25, 0.3) is 5.91 Å². The third-order valence-electron chi connectivity index (χ3n) is 7.67. The Morgan fingerprint density at radius 2 is 1.80 bits per heavy atom. The van der Waals surface area contributed by atoms with Crippen LogP contribution in [0.25, 0.3) is 0 Å². The van der Waals surface area contributed by atoms with Crippen molar-refractivity contribution in [2.45, 2.75) is 56.0 Å². The Kier molecular flexibility index (Phi) is 10.9. The van der Waals surface area contributed by atoms with Crippen LogP contribution in [-0.4, -0.2) is 72.7 Å². The van der Waals surface area contributed by atoms with Gasteiger partial charge in [-0.05, 0) is 54.3 Å². The lowest BCUT2D eigenvalue weighted by molar-refractivity contribution is -0.137. The molecule has 248 valence electrons. The zero-order valence-electron chi connectivity index (χ0n) is 25.2. The SMILES string of the molecule is CC[C@@H](C)CN(CC(O)C(Cc1ccccc1)NC(=O)[C@@H]1CN(c2ccc(C(F)(F)F)cn2)C(=O)O1)S(=O)(=O)c1ccc(N)cc1. The number of carbonyl (C=O) groups is 2. The number of sulfonamides is 1. The van der Waals surface area contributed by atoms with Crippen LogP contribution in [0, 0.1) is 5.92 Å². The fraction of sp³-hybridized carbons (Fsp3) is 0.387. The number of nitrogen functional groups attached to an aromatic ring is 1. The average Bonchev–Trinajstić information content (AvgIpc) is 3.42. The minimum Gasteiger partial charge on any atom is -0.434 e. The van der Waals surface area contributed by atoms with Gasteiger partial charge < -0.3 is 20.9 Å². The number of rotatable bonds is 13. The van der Waals surface area contributed by atoms with E-state index >= 15 is 0 Å². The maximum absolute atomic E-state index is 13.7. The van der Waals surface area contributed by atoms with Crippen molar-refractivity contribution in [1.29, 1.82) is 0 Å². The number of ether oxygens (including phenoxy) is 1. The van der Waals surface area contributed by atoms with Crippen molar-refractivity contribution < 1.29 is 41.0 Å². The molecule has 1 aliphatic rings. The summed E-state index contributed by atoms with van der Waals surface area (Å²) in [4.78, 5) is 30.6. The van der Waals surface area contributed by atoms with E-state index in [2.05, 4.69) is 10.3 Å². The lowest BCUT2D eigenvalue weighted by atomic mass is 10.0. The van der Waals surface area contributed by atoms with Gasteiger partial charge in [-0.25, -0.2) is 18.2 Å². The van der Waals surface area contributed by atoms with Crippen LogP contribution in [0.2, 0.25) is 0 Å². The highest BCUT2D eigenvalue weighted by atomic mass is 32.2. The van der Waals surface area contributed by atoms with Crippen LogP contribution in [0.3, 0.4) is 0 Å². The van der Waals surface area contributed by atoms with Crippen molar-refractivity contribution in [3.05, 3.63) is 84.1 Å². The molecule has 1 saturated heterocycles. The number of anilines is 2. The van der Waals surface area contributed by atoms with Gasteiger partial charge in [-0.3, -0.25) is 9.69 Å². The fourth-order valence-corrected chi connectivity index (χ4v) is 6.38. The number of amides is 2. The minimum absolute atomic E-state index is 0.00400. The Bertz CT molecular complexity index is 1590. The van der Waals surface area contributed by atoms with Crippen LogP contribution in [0.15, 0.2) is 77.8 Å². The zero-order chi connectivity index (χ0) is 33.6. The van der Waals surface area contributed by atoms with Crippen molar-refractivity contribution in [1.82, 2.24) is 14.6 Å². The van der Waals surface area contributed by atoms with Gasteiger partial charge in [-0.15, -0.1) is 0 Å². The molecule has 4 N–H and O–H groups in total. The predicted molar refractivity (Wildman–Crippen MR) is 164 cm³/mol. The van der Waals surface area contributed by atoms with Crippen molar-refractivity contribution in [3.8, 4) is 0 Å². The standard InChI is InChI=1S/C31H36F3N5O6S/c1-3-20(2)17-38(46(43,44)24-12-10-23(35)11-13-24)18-26(40)25(15-21-7-5-4-6-8-21)37-29(41)27-19-39(30(42)45-27)28-14-9-22(16-36-28)31(32,33)34/h4-14,16,20,25-27,40H,3,15,17-19,35H2,1-2H3,(H,37,41)/t20-,25?,26?,27+/m1/s1. The Hall–Kier alpha value is -4.21. The number of benzene rings is 2. The summed E-state index contributed by atoms with van der Waals surface area (Å²) in [6, 6.07) is 15.3. The zero-order valence-corrected chi connectivity index (χ0v) is 26.0. The molecule has 2 amide bonds. The lowest BCUT2D eigenvalue weighted by Crippen LogP contribution is -2.53. The van der Waals surface area contributed by atoms with Crippen molar-refractivity contribution >= 4 is 33.5 Å². The first-order valence-corrected chi connectivity index (χ1v) is 16.0. The molecule has 2 aromatic carbocycles. The number of aromatic nitrogens is 1. The summed E-state index contributed by atoms with van der Waals surface area (Å²) in [5.41, 5.74) is 5.87. The second kappa shape index (κ2) is 14.5. The first-order chi connectivity index (χ1) is 21.7. The third kappa shape index (κ3) is 8.53. The molecule has 46 heavy (non-hydrogen) atoms. The molecule has 4 atom stereocenters. The largest absolute Gasteiger partial charge is 0.434 e. The molecular formula is C31H36F3N5O6S. The fourth-order valence-electron chi connectivity index (χ4n) is 4.80. The first kappa shape index (κ1) is 34.7. The van der Waals surface area contributed by atoms with Crippen molar-refractivity contribution in [3.63, 3.8) is 0 Å². The van der Waals surface area contributed by atoms with E-state index in [4.69, 9.17) is 10.5 Å². The first-order valence-electron chi connectivity index (χ1n) is 14.6. The van der Waals surface area contributed by atoms with Crippen molar-refractivity contribution in [2.75, 3.05) is 30.3 Å². The summed E-state index contributed by atoms with van der Waals surface area (Å²) in [6.45, 7) is 3.19. The number of nitrogens with two attached hydrogens (primary N) is 1. The van der Waals surface area contributed by atoms with Gasteiger partial charge in [-0.2, -0.15) is 17.5 Å². The quantitative estimate of drug-likeness (QED) is 0.233. The van der Waals surface area contributed by atoms with Crippen LogP contribution >= 0.6 is 0 Å². The van der Waals surface area contributed by atoms with E-state index in [9.17, 15) is 36.3 Å². The third-order valence-corrected chi connectivity index (χ3v) is 9.51. The highest BCUT2D eigenvalue weighted by Crippen LogP contribution is 2.30. The van der Waals surface area contributed by atoms with Gasteiger partial charge in [0.15, 0.2) is 6.10 Å². The van der Waals surface area contributed by atoms with E-state index in [1.807, 2.05) is 13.8 Å². The van der Waals surface area contributed by atoms with Gasteiger partial charge in [0.2, 0.25) is 10.0 Å². The number of nitrogens with zero attached hydrogens (tertiary/aromatic N) is 3. The number of nitrogens with one attached hydrogen (secondary N) is 1. The number of aliphatic hydroxyl groups is 1. The molecular weight excluding hydrogens is 627 g/mol. The summed E-state index contributed by atoms with van der Waals surface area (Å²) in [7, 11) is -4.07. The molecule has 3 aromatic rings. The van der Waals surface area contributed by atoms with E-state index < -0.39 is 52.0 Å². The molecule has 1 fully saturated rings. The predicted octanol–water partition coefficient (Wildman–Crippen LogP) is 3.83. The summed E-state index contributed by atoms with van der Waals surface area (Å²) in [5.74, 6) is -0.971. The molecule has 2 unspecified atom stereocenters. The number of hydrogen-bond acceptors (Lipinski definition) is 8. The van der Waals surface area contributed by atoms with Gasteiger partial charge in [-0.1, -0.05) is 50.6 Å². The van der Waals surface area contributed by atoms with Crippen LogP contribution < -0.4 is 16.0 Å². The van der Waals surface area contributed by atoms with Crippen LogP contribution in [0.1, 0.15) is 31.4 Å². The summed E-state index contributed by atoms with van der Waals surface area (Å²) in [6.07, 6.45) is -7.03. The molecule has 15 heteroatoms. The monoisotopic (exact) mass is 663 g/mol. The Morgan fingerprint density at radius 1 is 1.13 bits per heavy atom. The highest BCUT2D eigenvalue weighted by molar-refractivity contribution is 7.89. The number of alkyl halides is 3.